The van der Waals surface area contributed by atoms with Crippen LogP contribution < -0.4 is 16.0 Å². The van der Waals surface area contributed by atoms with E-state index >= 15 is 0 Å². The number of hydrogen-bond donors (Lipinski definition) is 3. The highest BCUT2D eigenvalue weighted by atomic mass is 35.5. The molecule has 0 atom stereocenters. The second kappa shape index (κ2) is 11.4. The lowest BCUT2D eigenvalue weighted by atomic mass is 9.94. The van der Waals surface area contributed by atoms with Gasteiger partial charge in [0.15, 0.2) is 11.5 Å². The Morgan fingerprint density at radius 3 is 2.46 bits per heavy atom. The Hall–Kier alpha value is -3.36. The number of aromatic nitrogens is 1. The van der Waals surface area contributed by atoms with Crippen molar-refractivity contribution in [2.24, 2.45) is 0 Å². The van der Waals surface area contributed by atoms with Gasteiger partial charge in [-0.3, -0.25) is 9.59 Å². The minimum Gasteiger partial charge on any atom is -0.469 e. The van der Waals surface area contributed by atoms with Gasteiger partial charge in [0.1, 0.15) is 0 Å². The molecule has 0 bridgehead atoms. The van der Waals surface area contributed by atoms with Gasteiger partial charge in [0.2, 0.25) is 0 Å². The van der Waals surface area contributed by atoms with E-state index in [-0.39, 0.29) is 29.2 Å². The van der Waals surface area contributed by atoms with Crippen molar-refractivity contribution in [3.63, 3.8) is 0 Å². The van der Waals surface area contributed by atoms with Crippen LogP contribution in [0.15, 0.2) is 53.1 Å². The molecule has 8 nitrogen and oxygen atoms in total. The van der Waals surface area contributed by atoms with Gasteiger partial charge in [-0.15, -0.1) is 0 Å². The topological polar surface area (TPSA) is 105 Å². The Balaban J connectivity index is 1.63. The van der Waals surface area contributed by atoms with Gasteiger partial charge in [-0.25, -0.2) is 0 Å². The smallest absolute Gasteiger partial charge is 0.306 e. The first-order chi connectivity index (χ1) is 16.6. The van der Waals surface area contributed by atoms with Crippen LogP contribution in [0.3, 0.4) is 0 Å². The summed E-state index contributed by atoms with van der Waals surface area (Å²) in [4.78, 5) is 24.0. The molecule has 0 aliphatic rings. The molecule has 0 saturated carbocycles. The fourth-order valence-electron chi connectivity index (χ4n) is 3.46. The molecule has 9 heteroatoms. The molecule has 3 aromatic rings. The first-order valence-electron chi connectivity index (χ1n) is 11.4. The molecule has 1 amide bonds. The van der Waals surface area contributed by atoms with E-state index in [1.54, 1.807) is 12.1 Å². The largest absolute Gasteiger partial charge is 0.469 e. The number of nitrogens with one attached hydrogen (secondary N) is 3. The van der Waals surface area contributed by atoms with Crippen LogP contribution in [0.2, 0.25) is 5.02 Å². The summed E-state index contributed by atoms with van der Waals surface area (Å²) in [6, 6.07) is 14.8. The maximum absolute atomic E-state index is 12.7. The number of benzene rings is 2. The van der Waals surface area contributed by atoms with Gasteiger partial charge in [0.25, 0.3) is 5.91 Å². The van der Waals surface area contributed by atoms with Crippen LogP contribution in [0, 0.1) is 0 Å². The summed E-state index contributed by atoms with van der Waals surface area (Å²) >= 11 is 6.36. The maximum Gasteiger partial charge on any atom is 0.306 e. The second-order valence-electron chi connectivity index (χ2n) is 8.98. The predicted molar refractivity (Wildman–Crippen MR) is 138 cm³/mol. The number of halogens is 1. The summed E-state index contributed by atoms with van der Waals surface area (Å²) in [6.45, 7) is 8.60. The summed E-state index contributed by atoms with van der Waals surface area (Å²) in [5, 5.41) is 13.9. The van der Waals surface area contributed by atoms with Crippen molar-refractivity contribution >= 4 is 34.9 Å². The number of hydrogen-bond acceptors (Lipinski definition) is 7. The lowest BCUT2D eigenvalue weighted by Crippen LogP contribution is -2.37. The van der Waals surface area contributed by atoms with Crippen molar-refractivity contribution < 1.29 is 18.8 Å². The summed E-state index contributed by atoms with van der Waals surface area (Å²) < 4.78 is 10.1. The van der Waals surface area contributed by atoms with E-state index < -0.39 is 0 Å². The zero-order valence-electron chi connectivity index (χ0n) is 20.6. The molecule has 186 valence electrons. The number of amides is 1. The quantitative estimate of drug-likeness (QED) is 0.319. The highest BCUT2D eigenvalue weighted by Gasteiger charge is 2.20. The van der Waals surface area contributed by atoms with Crippen molar-refractivity contribution in [3.05, 3.63) is 64.8 Å². The Morgan fingerprint density at radius 2 is 1.83 bits per heavy atom. The van der Waals surface area contributed by atoms with E-state index in [9.17, 15) is 9.59 Å². The van der Waals surface area contributed by atoms with E-state index in [0.29, 0.717) is 29.4 Å². The molecule has 0 aliphatic carbocycles. The molecule has 0 saturated heterocycles. The molecule has 1 heterocycles. The lowest BCUT2D eigenvalue weighted by molar-refractivity contribution is -0.140. The molecule has 3 rings (SSSR count). The molecular weight excluding hydrogens is 468 g/mol. The maximum atomic E-state index is 12.7. The van der Waals surface area contributed by atoms with Gasteiger partial charge in [-0.05, 0) is 63.6 Å². The number of rotatable bonds is 10. The van der Waals surface area contributed by atoms with E-state index in [1.165, 1.54) is 7.11 Å². The van der Waals surface area contributed by atoms with Crippen LogP contribution in [0.1, 0.15) is 50.2 Å². The fraction of sp³-hybridized carbons (Fsp3) is 0.346. The third-order valence-electron chi connectivity index (χ3n) is 5.43. The molecule has 0 radical (unpaired) electrons. The summed E-state index contributed by atoms with van der Waals surface area (Å²) in [6.07, 6.45) is 0.291. The number of carbonyl (C=O) groups is 2. The molecule has 0 unspecified atom stereocenters. The number of esters is 1. The third kappa shape index (κ3) is 7.07. The van der Waals surface area contributed by atoms with Gasteiger partial charge in [-0.1, -0.05) is 28.9 Å². The third-order valence-corrected chi connectivity index (χ3v) is 5.74. The van der Waals surface area contributed by atoms with E-state index in [4.69, 9.17) is 16.1 Å². The molecule has 2 aromatic carbocycles. The Morgan fingerprint density at radius 1 is 1.11 bits per heavy atom. The van der Waals surface area contributed by atoms with Crippen molar-refractivity contribution in [1.82, 2.24) is 10.5 Å². The van der Waals surface area contributed by atoms with Crippen LogP contribution >= 0.6 is 11.6 Å². The molecular formula is C26H31ClN4O4. The number of carbonyl (C=O) groups excluding carboxylic acids is 2. The van der Waals surface area contributed by atoms with Gasteiger partial charge >= 0.3 is 5.97 Å². The van der Waals surface area contributed by atoms with Crippen molar-refractivity contribution in [2.45, 2.75) is 45.7 Å². The van der Waals surface area contributed by atoms with Crippen molar-refractivity contribution in [1.29, 1.82) is 0 Å². The molecule has 0 fully saturated rings. The summed E-state index contributed by atoms with van der Waals surface area (Å²) in [5.74, 6) is -0.193. The van der Waals surface area contributed by atoms with Crippen LogP contribution in [0.25, 0.3) is 11.3 Å². The number of anilines is 2. The number of ether oxygens (including phenoxy) is 1. The van der Waals surface area contributed by atoms with Crippen molar-refractivity contribution in [3.8, 4) is 11.3 Å². The van der Waals surface area contributed by atoms with Crippen LogP contribution in [0.5, 0.6) is 0 Å². The van der Waals surface area contributed by atoms with E-state index in [1.807, 2.05) is 64.1 Å². The zero-order valence-corrected chi connectivity index (χ0v) is 21.3. The van der Waals surface area contributed by atoms with Crippen LogP contribution in [-0.2, 0) is 15.1 Å². The SMILES string of the molecule is COC(=O)CCNC(C)(C)c1ccc(NC(=O)c2cc(-c3ccc(NC(C)C)c(Cl)c3)on2)cc1. The number of nitrogens with zero attached hydrogens (tertiary/aromatic N) is 1. The normalized spacial score (nSPS) is 11.4. The summed E-state index contributed by atoms with van der Waals surface area (Å²) in [7, 11) is 1.37. The Kier molecular flexibility index (Phi) is 8.53. The van der Waals surface area contributed by atoms with Crippen LogP contribution in [0.4, 0.5) is 11.4 Å². The van der Waals surface area contributed by atoms with E-state index in [2.05, 4.69) is 25.8 Å². The first kappa shape index (κ1) is 26.2. The Labute approximate surface area is 210 Å². The average Bonchev–Trinajstić information content (AvgIpc) is 3.31. The molecule has 35 heavy (non-hydrogen) atoms. The van der Waals surface area contributed by atoms with Gasteiger partial charge < -0.3 is 25.2 Å². The highest BCUT2D eigenvalue weighted by Crippen LogP contribution is 2.30. The minimum atomic E-state index is -0.382. The second-order valence-corrected chi connectivity index (χ2v) is 9.39. The zero-order chi connectivity index (χ0) is 25.6. The minimum absolute atomic E-state index is 0.161. The standard InChI is InChI=1S/C26H31ClN4O4/c1-16(2)29-21-11-6-17(14-20(21)27)23-15-22(31-35-23)25(33)30-19-9-7-18(8-10-19)26(3,4)28-13-12-24(32)34-5/h6-11,14-16,28-29H,12-13H2,1-5H3,(H,30,33). The monoisotopic (exact) mass is 498 g/mol. The van der Waals surface area contributed by atoms with Gasteiger partial charge in [-0.2, -0.15) is 0 Å². The van der Waals surface area contributed by atoms with Crippen LogP contribution in [-0.4, -0.2) is 36.7 Å². The van der Waals surface area contributed by atoms with Gasteiger partial charge in [0.05, 0.1) is 24.2 Å². The molecule has 1 aromatic heterocycles. The first-order valence-corrected chi connectivity index (χ1v) is 11.7. The van der Waals surface area contributed by atoms with E-state index in [0.717, 1.165) is 16.8 Å². The predicted octanol–water partition coefficient (Wildman–Crippen LogP) is 5.46. The molecule has 0 spiro atoms. The van der Waals surface area contributed by atoms with Gasteiger partial charge in [0, 0.05) is 35.4 Å². The average molecular weight is 499 g/mol. The van der Waals surface area contributed by atoms with Crippen molar-refractivity contribution in [2.75, 3.05) is 24.3 Å². The lowest BCUT2D eigenvalue weighted by Gasteiger charge is -2.27. The molecule has 3 N–H and O–H groups in total. The number of methoxy groups -OCH3 is 1. The fourth-order valence-corrected chi connectivity index (χ4v) is 3.70. The Bertz CT molecular complexity index is 1170. The highest BCUT2D eigenvalue weighted by molar-refractivity contribution is 6.33. The summed E-state index contributed by atoms with van der Waals surface area (Å²) in [5.41, 5.74) is 2.99. The molecule has 0 aliphatic heterocycles.